The van der Waals surface area contributed by atoms with Gasteiger partial charge in [-0.05, 0) is 23.8 Å². The Morgan fingerprint density at radius 2 is 2.09 bits per heavy atom. The maximum absolute atomic E-state index is 14.0. The van der Waals surface area contributed by atoms with E-state index in [-0.39, 0.29) is 18.7 Å². The zero-order valence-electron chi connectivity index (χ0n) is 11.5. The first-order chi connectivity index (χ1) is 10.6. The summed E-state index contributed by atoms with van der Waals surface area (Å²) in [5, 5.41) is 17.1. The summed E-state index contributed by atoms with van der Waals surface area (Å²) in [5.74, 6) is -3.24. The van der Waals surface area contributed by atoms with Crippen LogP contribution in [0.5, 0.6) is 0 Å². The molecule has 0 aliphatic carbocycles. The van der Waals surface area contributed by atoms with E-state index in [1.54, 1.807) is 17.0 Å². The molecule has 2 atom stereocenters. The number of carboxylic acid groups (broad SMARTS) is 1. The fraction of sp³-hybridized carbons (Fsp3) is 0.267. The van der Waals surface area contributed by atoms with E-state index in [0.717, 1.165) is 12.1 Å². The van der Waals surface area contributed by atoms with Gasteiger partial charge in [-0.15, -0.1) is 5.10 Å². The van der Waals surface area contributed by atoms with E-state index < -0.39 is 29.4 Å². The summed E-state index contributed by atoms with van der Waals surface area (Å²) in [7, 11) is 0. The molecule has 1 aromatic carbocycles. The van der Waals surface area contributed by atoms with Gasteiger partial charge in [0.2, 0.25) is 0 Å². The Labute approximate surface area is 125 Å². The number of halogens is 2. The summed E-state index contributed by atoms with van der Waals surface area (Å²) in [4.78, 5) is 13.2. The Morgan fingerprint density at radius 3 is 2.73 bits per heavy atom. The van der Waals surface area contributed by atoms with Crippen LogP contribution in [0.1, 0.15) is 11.5 Å². The van der Waals surface area contributed by atoms with Crippen molar-refractivity contribution < 1.29 is 18.7 Å². The number of rotatable bonds is 3. The summed E-state index contributed by atoms with van der Waals surface area (Å²) < 4.78 is 27.0. The predicted molar refractivity (Wildman–Crippen MR) is 74.5 cm³/mol. The number of benzene rings is 1. The number of hydrogen-bond acceptors (Lipinski definition) is 4. The van der Waals surface area contributed by atoms with Gasteiger partial charge in [-0.2, -0.15) is 5.10 Å². The molecule has 0 unspecified atom stereocenters. The molecule has 1 aliphatic rings. The van der Waals surface area contributed by atoms with Crippen LogP contribution in [0.4, 0.5) is 14.6 Å². The first-order valence-corrected chi connectivity index (χ1v) is 6.76. The standard InChI is InChI=1S/C15H13F2N3O2/c16-9-3-4-10(13(17)6-9)11-7-20(8-12(11)15(21)22)14-2-1-5-18-19-14/h1-6,11-12H,7-8H2,(H,21,22)/t11-,12+/m1/s1. The number of hydrogen-bond donors (Lipinski definition) is 1. The highest BCUT2D eigenvalue weighted by Crippen LogP contribution is 2.36. The van der Waals surface area contributed by atoms with Crippen LogP contribution in [0.25, 0.3) is 0 Å². The van der Waals surface area contributed by atoms with Crippen molar-refractivity contribution in [2.75, 3.05) is 18.0 Å². The number of carbonyl (C=O) groups is 1. The fourth-order valence-electron chi connectivity index (χ4n) is 2.82. The van der Waals surface area contributed by atoms with Gasteiger partial charge in [0.05, 0.1) is 5.92 Å². The molecule has 7 heteroatoms. The molecule has 22 heavy (non-hydrogen) atoms. The van der Waals surface area contributed by atoms with Crippen LogP contribution in [-0.4, -0.2) is 34.4 Å². The summed E-state index contributed by atoms with van der Waals surface area (Å²) in [6.45, 7) is 0.494. The van der Waals surface area contributed by atoms with E-state index in [1.165, 1.54) is 12.3 Å². The lowest BCUT2D eigenvalue weighted by molar-refractivity contribution is -0.141. The van der Waals surface area contributed by atoms with Gasteiger partial charge >= 0.3 is 5.97 Å². The van der Waals surface area contributed by atoms with Crippen LogP contribution in [0.15, 0.2) is 36.5 Å². The molecule has 0 bridgehead atoms. The van der Waals surface area contributed by atoms with Crippen molar-refractivity contribution >= 4 is 11.8 Å². The largest absolute Gasteiger partial charge is 0.481 e. The topological polar surface area (TPSA) is 66.3 Å². The minimum absolute atomic E-state index is 0.204. The average Bonchev–Trinajstić information content (AvgIpc) is 2.93. The Morgan fingerprint density at radius 1 is 1.27 bits per heavy atom. The van der Waals surface area contributed by atoms with Crippen LogP contribution in [-0.2, 0) is 4.79 Å². The molecule has 114 valence electrons. The van der Waals surface area contributed by atoms with E-state index in [0.29, 0.717) is 5.82 Å². The van der Waals surface area contributed by atoms with Gasteiger partial charge in [-0.3, -0.25) is 4.79 Å². The normalized spacial score (nSPS) is 21.1. The predicted octanol–water partition coefficient (Wildman–Crippen LogP) is 2.06. The summed E-state index contributed by atoms with van der Waals surface area (Å²) in [6.07, 6.45) is 1.52. The molecule has 1 N–H and O–H groups in total. The van der Waals surface area contributed by atoms with Crippen molar-refractivity contribution in [2.45, 2.75) is 5.92 Å². The fourth-order valence-corrected chi connectivity index (χ4v) is 2.82. The van der Waals surface area contributed by atoms with Crippen molar-refractivity contribution in [3.05, 3.63) is 53.7 Å². The molecule has 1 aromatic heterocycles. The number of carboxylic acids is 1. The number of aliphatic carboxylic acids is 1. The second-order valence-corrected chi connectivity index (χ2v) is 5.20. The second-order valence-electron chi connectivity index (χ2n) is 5.20. The molecule has 1 fully saturated rings. The van der Waals surface area contributed by atoms with E-state index in [2.05, 4.69) is 10.2 Å². The molecule has 0 amide bonds. The molecular weight excluding hydrogens is 292 g/mol. The van der Waals surface area contributed by atoms with Crippen molar-refractivity contribution in [3.63, 3.8) is 0 Å². The van der Waals surface area contributed by atoms with E-state index in [4.69, 9.17) is 0 Å². The minimum Gasteiger partial charge on any atom is -0.481 e. The molecule has 1 saturated heterocycles. The molecular formula is C15H13F2N3O2. The van der Waals surface area contributed by atoms with E-state index in [9.17, 15) is 18.7 Å². The van der Waals surface area contributed by atoms with Gasteiger partial charge in [0.25, 0.3) is 0 Å². The van der Waals surface area contributed by atoms with Crippen molar-refractivity contribution in [3.8, 4) is 0 Å². The van der Waals surface area contributed by atoms with Crippen molar-refractivity contribution in [1.29, 1.82) is 0 Å². The lowest BCUT2D eigenvalue weighted by Crippen LogP contribution is -2.23. The highest BCUT2D eigenvalue weighted by Gasteiger charge is 2.40. The molecule has 2 aromatic rings. The molecule has 0 spiro atoms. The average molecular weight is 305 g/mol. The van der Waals surface area contributed by atoms with Crippen molar-refractivity contribution in [1.82, 2.24) is 10.2 Å². The Kier molecular flexibility index (Phi) is 3.70. The summed E-state index contributed by atoms with van der Waals surface area (Å²) in [6, 6.07) is 6.65. The third-order valence-corrected chi connectivity index (χ3v) is 3.88. The Bertz CT molecular complexity index is 696. The Balaban J connectivity index is 1.94. The third-order valence-electron chi connectivity index (χ3n) is 3.88. The number of anilines is 1. The molecule has 2 heterocycles. The van der Waals surface area contributed by atoms with Crippen LogP contribution in [0, 0.1) is 17.6 Å². The van der Waals surface area contributed by atoms with Crippen LogP contribution >= 0.6 is 0 Å². The maximum atomic E-state index is 14.0. The SMILES string of the molecule is O=C(O)[C@H]1CN(c2cccnn2)C[C@@H]1c1ccc(F)cc1F. The first-order valence-electron chi connectivity index (χ1n) is 6.76. The van der Waals surface area contributed by atoms with Gasteiger partial charge in [0.15, 0.2) is 5.82 Å². The molecule has 5 nitrogen and oxygen atoms in total. The Hall–Kier alpha value is -2.57. The highest BCUT2D eigenvalue weighted by molar-refractivity contribution is 5.73. The maximum Gasteiger partial charge on any atom is 0.308 e. The zero-order valence-corrected chi connectivity index (χ0v) is 11.5. The quantitative estimate of drug-likeness (QED) is 0.940. The van der Waals surface area contributed by atoms with Gasteiger partial charge in [0, 0.05) is 31.3 Å². The summed E-state index contributed by atoms with van der Waals surface area (Å²) >= 11 is 0. The first kappa shape index (κ1) is 14.4. The molecule has 0 saturated carbocycles. The van der Waals surface area contributed by atoms with Gasteiger partial charge in [0.1, 0.15) is 11.6 Å². The third kappa shape index (κ3) is 2.61. The van der Waals surface area contributed by atoms with Gasteiger partial charge in [-0.1, -0.05) is 6.07 Å². The monoisotopic (exact) mass is 305 g/mol. The second kappa shape index (κ2) is 5.67. The summed E-state index contributed by atoms with van der Waals surface area (Å²) in [5.41, 5.74) is 0.209. The molecule has 3 rings (SSSR count). The zero-order chi connectivity index (χ0) is 15.7. The lowest BCUT2D eigenvalue weighted by Gasteiger charge is -2.17. The lowest BCUT2D eigenvalue weighted by atomic mass is 9.88. The van der Waals surface area contributed by atoms with Crippen LogP contribution in [0.2, 0.25) is 0 Å². The molecule has 1 aliphatic heterocycles. The van der Waals surface area contributed by atoms with Gasteiger partial charge < -0.3 is 10.0 Å². The van der Waals surface area contributed by atoms with E-state index >= 15 is 0 Å². The van der Waals surface area contributed by atoms with Crippen molar-refractivity contribution in [2.24, 2.45) is 5.92 Å². The van der Waals surface area contributed by atoms with Gasteiger partial charge in [-0.25, -0.2) is 8.78 Å². The minimum atomic E-state index is -1.01. The smallest absolute Gasteiger partial charge is 0.308 e. The highest BCUT2D eigenvalue weighted by atomic mass is 19.1. The van der Waals surface area contributed by atoms with Crippen LogP contribution < -0.4 is 4.90 Å². The molecule has 0 radical (unpaired) electrons. The number of aromatic nitrogens is 2. The number of nitrogens with zero attached hydrogens (tertiary/aromatic N) is 3. The van der Waals surface area contributed by atoms with Crippen LogP contribution in [0.3, 0.4) is 0 Å². The van der Waals surface area contributed by atoms with E-state index in [1.807, 2.05) is 0 Å².